The Morgan fingerprint density at radius 1 is 1.27 bits per heavy atom. The van der Waals surface area contributed by atoms with Crippen LogP contribution in [0.5, 0.6) is 11.5 Å². The fourth-order valence-corrected chi connectivity index (χ4v) is 2.99. The predicted octanol–water partition coefficient (Wildman–Crippen LogP) is 4.69. The van der Waals surface area contributed by atoms with Crippen LogP contribution in [0.3, 0.4) is 0 Å². The van der Waals surface area contributed by atoms with E-state index in [0.717, 1.165) is 19.3 Å². The Hall–Kier alpha value is -1.39. The van der Waals surface area contributed by atoms with Crippen molar-refractivity contribution in [2.75, 3.05) is 19.0 Å². The summed E-state index contributed by atoms with van der Waals surface area (Å²) in [4.78, 5) is 0. The van der Waals surface area contributed by atoms with Gasteiger partial charge >= 0.3 is 0 Å². The Morgan fingerprint density at radius 3 is 2.64 bits per heavy atom. The predicted molar refractivity (Wildman–Crippen MR) is 102 cm³/mol. The minimum Gasteiger partial charge on any atom is -0.493 e. The first-order valence-electron chi connectivity index (χ1n) is 6.56. The number of methoxy groups -OCH3 is 1. The van der Waals surface area contributed by atoms with Gasteiger partial charge in [-0.1, -0.05) is 21.9 Å². The molecule has 0 bridgehead atoms. The van der Waals surface area contributed by atoms with Crippen molar-refractivity contribution in [3.05, 3.63) is 50.0 Å². The summed E-state index contributed by atoms with van der Waals surface area (Å²) in [5.41, 5.74) is 2.17. The molecule has 3 nitrogen and oxygen atoms in total. The molecule has 0 unspecified atom stereocenters. The lowest BCUT2D eigenvalue weighted by atomic mass is 10.2. The van der Waals surface area contributed by atoms with Crippen molar-refractivity contribution in [2.45, 2.75) is 6.54 Å². The van der Waals surface area contributed by atoms with E-state index in [1.54, 1.807) is 7.11 Å². The fraction of sp³-hybridized carbons (Fsp3) is 0.176. The van der Waals surface area contributed by atoms with E-state index in [-0.39, 0.29) is 6.61 Å². The highest BCUT2D eigenvalue weighted by atomic mass is 127. The monoisotopic (exact) mass is 471 g/mol. The molecule has 0 aliphatic heterocycles. The maximum Gasteiger partial charge on any atom is 0.175 e. The number of benzene rings is 2. The van der Waals surface area contributed by atoms with Gasteiger partial charge in [0.05, 0.1) is 10.7 Å². The molecule has 5 heteroatoms. The Labute approximate surface area is 152 Å². The van der Waals surface area contributed by atoms with Crippen LogP contribution in [0.25, 0.3) is 0 Å². The summed E-state index contributed by atoms with van der Waals surface area (Å²) in [6, 6.07) is 12.1. The largest absolute Gasteiger partial charge is 0.493 e. The minimum absolute atomic E-state index is 0.225. The van der Waals surface area contributed by atoms with Gasteiger partial charge < -0.3 is 14.8 Å². The average Bonchev–Trinajstić information content (AvgIpc) is 2.53. The highest BCUT2D eigenvalue weighted by Crippen LogP contribution is 2.34. The summed E-state index contributed by atoms with van der Waals surface area (Å²) in [6.45, 7) is 0.923. The number of nitrogens with one attached hydrogen (secondary N) is 1. The van der Waals surface area contributed by atoms with Gasteiger partial charge in [0.2, 0.25) is 0 Å². The lowest BCUT2D eigenvalue weighted by Crippen LogP contribution is -2.03. The van der Waals surface area contributed by atoms with E-state index in [9.17, 15) is 0 Å². The molecule has 0 aliphatic rings. The number of halogens is 2. The third-order valence-electron chi connectivity index (χ3n) is 2.93. The molecule has 0 radical (unpaired) electrons. The van der Waals surface area contributed by atoms with E-state index in [1.165, 1.54) is 0 Å². The van der Waals surface area contributed by atoms with Gasteiger partial charge in [-0.15, -0.1) is 6.42 Å². The molecule has 0 heterocycles. The number of terminal acetylenes is 1. The molecule has 2 aromatic carbocycles. The number of hydrogen-bond donors (Lipinski definition) is 1. The first kappa shape index (κ1) is 17.0. The molecule has 22 heavy (non-hydrogen) atoms. The Kier molecular flexibility index (Phi) is 6.40. The van der Waals surface area contributed by atoms with Crippen LogP contribution >= 0.6 is 38.5 Å². The van der Waals surface area contributed by atoms with E-state index in [0.29, 0.717) is 18.0 Å². The Bertz CT molecular complexity index is 680. The zero-order chi connectivity index (χ0) is 15.9. The molecule has 1 N–H and O–H groups in total. The second-order valence-corrected chi connectivity index (χ2v) is 6.54. The number of hydrogen-bond acceptors (Lipinski definition) is 3. The van der Waals surface area contributed by atoms with Crippen molar-refractivity contribution in [3.8, 4) is 23.8 Å². The fourth-order valence-electron chi connectivity index (χ4n) is 1.90. The van der Waals surface area contributed by atoms with Crippen LogP contribution < -0.4 is 14.8 Å². The quantitative estimate of drug-likeness (QED) is 0.490. The van der Waals surface area contributed by atoms with Gasteiger partial charge in [0, 0.05) is 16.7 Å². The minimum atomic E-state index is 0.225. The van der Waals surface area contributed by atoms with E-state index in [4.69, 9.17) is 15.9 Å². The Morgan fingerprint density at radius 2 is 2.00 bits per heavy atom. The third kappa shape index (κ3) is 4.55. The average molecular weight is 472 g/mol. The molecule has 0 spiro atoms. The lowest BCUT2D eigenvalue weighted by molar-refractivity contribution is 0.328. The van der Waals surface area contributed by atoms with Gasteiger partial charge in [-0.2, -0.15) is 0 Å². The van der Waals surface area contributed by atoms with Crippen LogP contribution in [-0.4, -0.2) is 13.7 Å². The van der Waals surface area contributed by atoms with Gasteiger partial charge in [-0.3, -0.25) is 0 Å². The van der Waals surface area contributed by atoms with E-state index < -0.39 is 0 Å². The molecule has 0 fully saturated rings. The van der Waals surface area contributed by atoms with Crippen molar-refractivity contribution in [1.29, 1.82) is 0 Å². The van der Waals surface area contributed by atoms with Crippen molar-refractivity contribution < 1.29 is 9.47 Å². The molecule has 2 aromatic rings. The second kappa shape index (κ2) is 8.30. The van der Waals surface area contributed by atoms with Crippen LogP contribution in [0.2, 0.25) is 0 Å². The van der Waals surface area contributed by atoms with Crippen LogP contribution in [0.15, 0.2) is 40.9 Å². The van der Waals surface area contributed by atoms with Gasteiger partial charge in [-0.05, 0) is 64.6 Å². The zero-order valence-electron chi connectivity index (χ0n) is 12.0. The first-order valence-corrected chi connectivity index (χ1v) is 8.43. The standard InChI is InChI=1S/C17H15BrINO2/c1-3-8-22-17-15(19)9-12(10-16(17)21-2)11-20-14-6-4-13(18)5-7-14/h1,4-7,9-10,20H,8,11H2,2H3. The maximum atomic E-state index is 5.54. The van der Waals surface area contributed by atoms with Crippen LogP contribution in [0.4, 0.5) is 5.69 Å². The van der Waals surface area contributed by atoms with Crippen molar-refractivity contribution in [2.24, 2.45) is 0 Å². The summed E-state index contributed by atoms with van der Waals surface area (Å²) in [7, 11) is 1.63. The number of rotatable bonds is 6. The molecule has 0 aliphatic carbocycles. The summed E-state index contributed by atoms with van der Waals surface area (Å²) < 4.78 is 13.0. The Balaban J connectivity index is 2.13. The summed E-state index contributed by atoms with van der Waals surface area (Å²) in [5.74, 6) is 3.84. The number of anilines is 1. The highest BCUT2D eigenvalue weighted by molar-refractivity contribution is 14.1. The molecule has 0 saturated heterocycles. The van der Waals surface area contributed by atoms with Gasteiger partial charge in [0.25, 0.3) is 0 Å². The van der Waals surface area contributed by atoms with Crippen LogP contribution in [0, 0.1) is 15.9 Å². The van der Waals surface area contributed by atoms with Gasteiger partial charge in [-0.25, -0.2) is 0 Å². The summed E-state index contributed by atoms with van der Waals surface area (Å²) in [5, 5.41) is 3.38. The number of ether oxygens (including phenoxy) is 2. The zero-order valence-corrected chi connectivity index (χ0v) is 15.8. The SMILES string of the molecule is C#CCOc1c(I)cc(CNc2ccc(Br)cc2)cc1OC. The van der Waals surface area contributed by atoms with E-state index in [2.05, 4.69) is 55.8 Å². The lowest BCUT2D eigenvalue weighted by Gasteiger charge is -2.14. The topological polar surface area (TPSA) is 30.5 Å². The van der Waals surface area contributed by atoms with E-state index in [1.807, 2.05) is 30.3 Å². The van der Waals surface area contributed by atoms with E-state index >= 15 is 0 Å². The second-order valence-electron chi connectivity index (χ2n) is 4.46. The smallest absolute Gasteiger partial charge is 0.175 e. The normalized spacial score (nSPS) is 9.91. The molecule has 0 amide bonds. The summed E-state index contributed by atoms with van der Waals surface area (Å²) in [6.07, 6.45) is 5.24. The molecule has 0 saturated carbocycles. The van der Waals surface area contributed by atoms with Crippen LogP contribution in [-0.2, 0) is 6.54 Å². The van der Waals surface area contributed by atoms with Gasteiger partial charge in [0.1, 0.15) is 6.61 Å². The molecular weight excluding hydrogens is 457 g/mol. The molecule has 114 valence electrons. The van der Waals surface area contributed by atoms with Crippen molar-refractivity contribution in [1.82, 2.24) is 0 Å². The molecular formula is C17H15BrINO2. The molecule has 0 aromatic heterocycles. The van der Waals surface area contributed by atoms with Crippen LogP contribution in [0.1, 0.15) is 5.56 Å². The molecule has 0 atom stereocenters. The molecule has 2 rings (SSSR count). The van der Waals surface area contributed by atoms with Gasteiger partial charge in [0.15, 0.2) is 11.5 Å². The highest BCUT2D eigenvalue weighted by Gasteiger charge is 2.11. The first-order chi connectivity index (χ1) is 10.6. The van der Waals surface area contributed by atoms with Crippen molar-refractivity contribution >= 4 is 44.2 Å². The summed E-state index contributed by atoms with van der Waals surface area (Å²) >= 11 is 5.65. The van der Waals surface area contributed by atoms with Crippen molar-refractivity contribution in [3.63, 3.8) is 0 Å². The maximum absolute atomic E-state index is 5.54. The third-order valence-corrected chi connectivity index (χ3v) is 4.26.